The third kappa shape index (κ3) is 2.22. The summed E-state index contributed by atoms with van der Waals surface area (Å²) in [5, 5.41) is 3.25. The minimum atomic E-state index is 0.00717. The molecule has 3 rings (SSSR count). The fourth-order valence-corrected chi connectivity index (χ4v) is 3.21. The van der Waals surface area contributed by atoms with Crippen molar-refractivity contribution in [2.24, 2.45) is 5.73 Å². The van der Waals surface area contributed by atoms with Crippen molar-refractivity contribution in [1.82, 2.24) is 4.90 Å². The summed E-state index contributed by atoms with van der Waals surface area (Å²) < 4.78 is 0. The Kier molecular flexibility index (Phi) is 2.90. The second-order valence-electron chi connectivity index (χ2n) is 4.65. The van der Waals surface area contributed by atoms with Gasteiger partial charge in [-0.05, 0) is 25.2 Å². The molecule has 5 heteroatoms. The third-order valence-electron chi connectivity index (χ3n) is 3.39. The molecule has 1 aromatic carbocycles. The molecule has 1 atom stereocenters. The van der Waals surface area contributed by atoms with Gasteiger partial charge in [0.05, 0.1) is 0 Å². The first-order valence-electron chi connectivity index (χ1n) is 5.99. The zero-order chi connectivity index (χ0) is 11.8. The minimum Gasteiger partial charge on any atom is -0.369 e. The molecule has 0 aliphatic carbocycles. The fourth-order valence-electron chi connectivity index (χ4n) is 2.31. The molecule has 0 radical (unpaired) electrons. The Morgan fingerprint density at radius 1 is 1.29 bits per heavy atom. The maximum absolute atomic E-state index is 5.86. The Hall–Kier alpha value is -0.910. The van der Waals surface area contributed by atoms with Gasteiger partial charge in [-0.3, -0.25) is 0 Å². The van der Waals surface area contributed by atoms with Gasteiger partial charge in [-0.25, -0.2) is 0 Å². The number of thioether (sulfide) groups is 1. The standard InChI is InChI=1S/C12H18N4S/c1-15-4-6-16(7-5-15)9-2-3-10-11(8-9)17-12(13)14-10/h2-3,8,12,14H,4-7,13H2,1H3. The topological polar surface area (TPSA) is 44.5 Å². The van der Waals surface area contributed by atoms with Crippen LogP contribution >= 0.6 is 11.8 Å². The van der Waals surface area contributed by atoms with E-state index in [1.165, 1.54) is 16.3 Å². The second kappa shape index (κ2) is 4.40. The highest BCUT2D eigenvalue weighted by molar-refractivity contribution is 8.00. The smallest absolute Gasteiger partial charge is 0.127 e. The van der Waals surface area contributed by atoms with Gasteiger partial charge in [0.1, 0.15) is 5.50 Å². The normalized spacial score (nSPS) is 24.6. The number of anilines is 2. The lowest BCUT2D eigenvalue weighted by Crippen LogP contribution is -2.44. The van der Waals surface area contributed by atoms with Crippen LogP contribution in [0.2, 0.25) is 0 Å². The van der Waals surface area contributed by atoms with E-state index in [9.17, 15) is 0 Å². The van der Waals surface area contributed by atoms with E-state index >= 15 is 0 Å². The summed E-state index contributed by atoms with van der Waals surface area (Å²) >= 11 is 1.70. The van der Waals surface area contributed by atoms with Crippen molar-refractivity contribution in [2.75, 3.05) is 43.4 Å². The van der Waals surface area contributed by atoms with Crippen molar-refractivity contribution < 1.29 is 0 Å². The molecule has 2 aliphatic rings. The molecule has 2 aliphatic heterocycles. The van der Waals surface area contributed by atoms with E-state index in [4.69, 9.17) is 5.73 Å². The summed E-state index contributed by atoms with van der Waals surface area (Å²) in [4.78, 5) is 6.09. The van der Waals surface area contributed by atoms with Gasteiger partial charge in [0.15, 0.2) is 0 Å². The molecule has 0 bridgehead atoms. The Balaban J connectivity index is 1.78. The molecule has 17 heavy (non-hydrogen) atoms. The van der Waals surface area contributed by atoms with Gasteiger partial charge in [-0.2, -0.15) is 0 Å². The van der Waals surface area contributed by atoms with Crippen molar-refractivity contribution in [1.29, 1.82) is 0 Å². The monoisotopic (exact) mass is 250 g/mol. The van der Waals surface area contributed by atoms with Crippen LogP contribution in [0.5, 0.6) is 0 Å². The average Bonchev–Trinajstić information content (AvgIpc) is 2.69. The molecule has 0 aromatic heterocycles. The first kappa shape index (κ1) is 11.2. The summed E-state index contributed by atoms with van der Waals surface area (Å²) in [7, 11) is 2.18. The quantitative estimate of drug-likeness (QED) is 0.784. The zero-order valence-corrected chi connectivity index (χ0v) is 10.8. The van der Waals surface area contributed by atoms with Crippen molar-refractivity contribution in [3.05, 3.63) is 18.2 Å². The second-order valence-corrected chi connectivity index (χ2v) is 5.84. The third-order valence-corrected chi connectivity index (χ3v) is 4.35. The molecule has 0 spiro atoms. The number of piperazine rings is 1. The van der Waals surface area contributed by atoms with Crippen LogP contribution in [-0.2, 0) is 0 Å². The number of benzene rings is 1. The molecule has 1 fully saturated rings. The van der Waals surface area contributed by atoms with Gasteiger partial charge in [-0.15, -0.1) is 0 Å². The van der Waals surface area contributed by atoms with E-state index in [0.717, 1.165) is 26.2 Å². The molecule has 4 nitrogen and oxygen atoms in total. The summed E-state index contributed by atoms with van der Waals surface area (Å²) in [5.41, 5.74) is 8.36. The Morgan fingerprint density at radius 2 is 2.06 bits per heavy atom. The van der Waals surface area contributed by atoms with E-state index in [0.29, 0.717) is 0 Å². The van der Waals surface area contributed by atoms with E-state index in [1.807, 2.05) is 0 Å². The van der Waals surface area contributed by atoms with Crippen LogP contribution in [-0.4, -0.2) is 43.6 Å². The molecule has 0 amide bonds. The molecular formula is C12H18N4S. The predicted molar refractivity (Wildman–Crippen MR) is 73.6 cm³/mol. The van der Waals surface area contributed by atoms with Crippen LogP contribution in [0.15, 0.2) is 23.1 Å². The van der Waals surface area contributed by atoms with E-state index < -0.39 is 0 Å². The van der Waals surface area contributed by atoms with Gasteiger partial charge < -0.3 is 20.9 Å². The number of rotatable bonds is 1. The number of fused-ring (bicyclic) bond motifs is 1. The number of nitrogens with two attached hydrogens (primary N) is 1. The van der Waals surface area contributed by atoms with Gasteiger partial charge in [0.25, 0.3) is 0 Å². The first-order chi connectivity index (χ1) is 8.22. The maximum atomic E-state index is 5.86. The molecule has 92 valence electrons. The van der Waals surface area contributed by atoms with Crippen LogP contribution in [0, 0.1) is 0 Å². The summed E-state index contributed by atoms with van der Waals surface area (Å²) in [6, 6.07) is 6.59. The van der Waals surface area contributed by atoms with Crippen molar-refractivity contribution >= 4 is 23.1 Å². The minimum absolute atomic E-state index is 0.00717. The van der Waals surface area contributed by atoms with Gasteiger partial charge in [-0.1, -0.05) is 11.8 Å². The predicted octanol–water partition coefficient (Wildman–Crippen LogP) is 1.20. The lowest BCUT2D eigenvalue weighted by Gasteiger charge is -2.34. The number of likely N-dealkylation sites (N-methyl/N-ethyl adjacent to an activating group) is 1. The Morgan fingerprint density at radius 3 is 2.82 bits per heavy atom. The zero-order valence-electron chi connectivity index (χ0n) is 10.0. The summed E-state index contributed by atoms with van der Waals surface area (Å²) in [6.07, 6.45) is 0. The van der Waals surface area contributed by atoms with Crippen LogP contribution < -0.4 is 16.0 Å². The fraction of sp³-hybridized carbons (Fsp3) is 0.500. The molecule has 0 saturated carbocycles. The average molecular weight is 250 g/mol. The molecule has 1 aromatic rings. The number of nitrogens with zero attached hydrogens (tertiary/aromatic N) is 2. The first-order valence-corrected chi connectivity index (χ1v) is 6.87. The molecule has 1 unspecified atom stereocenters. The van der Waals surface area contributed by atoms with E-state index in [2.05, 4.69) is 40.4 Å². The molecule has 3 N–H and O–H groups in total. The Labute approximate surface area is 106 Å². The SMILES string of the molecule is CN1CCN(c2ccc3c(c2)SC(N)N3)CC1. The van der Waals surface area contributed by atoms with Crippen molar-refractivity contribution in [2.45, 2.75) is 10.4 Å². The van der Waals surface area contributed by atoms with Crippen molar-refractivity contribution in [3.8, 4) is 0 Å². The van der Waals surface area contributed by atoms with Crippen LogP contribution in [0.25, 0.3) is 0 Å². The highest BCUT2D eigenvalue weighted by atomic mass is 32.2. The van der Waals surface area contributed by atoms with E-state index in [1.54, 1.807) is 11.8 Å². The maximum Gasteiger partial charge on any atom is 0.127 e. The van der Waals surface area contributed by atoms with Gasteiger partial charge in [0.2, 0.25) is 0 Å². The highest BCUT2D eigenvalue weighted by Gasteiger charge is 2.20. The highest BCUT2D eigenvalue weighted by Crippen LogP contribution is 2.38. The summed E-state index contributed by atoms with van der Waals surface area (Å²) in [6.45, 7) is 4.50. The van der Waals surface area contributed by atoms with Crippen LogP contribution in [0.1, 0.15) is 0 Å². The Bertz CT molecular complexity index is 415. The van der Waals surface area contributed by atoms with E-state index in [-0.39, 0.29) is 5.50 Å². The largest absolute Gasteiger partial charge is 0.369 e. The van der Waals surface area contributed by atoms with Crippen LogP contribution in [0.4, 0.5) is 11.4 Å². The van der Waals surface area contributed by atoms with Crippen LogP contribution in [0.3, 0.4) is 0 Å². The lowest BCUT2D eigenvalue weighted by atomic mass is 10.2. The number of nitrogens with one attached hydrogen (secondary N) is 1. The van der Waals surface area contributed by atoms with Crippen molar-refractivity contribution in [3.63, 3.8) is 0 Å². The summed E-state index contributed by atoms with van der Waals surface area (Å²) in [5.74, 6) is 0. The van der Waals surface area contributed by atoms with Gasteiger partial charge in [0, 0.05) is 42.4 Å². The molecular weight excluding hydrogens is 232 g/mol. The number of hydrogen-bond donors (Lipinski definition) is 2. The van der Waals surface area contributed by atoms with Gasteiger partial charge >= 0.3 is 0 Å². The molecule has 2 heterocycles. The molecule has 1 saturated heterocycles. The number of hydrogen-bond acceptors (Lipinski definition) is 5. The lowest BCUT2D eigenvalue weighted by molar-refractivity contribution is 0.313.